The first-order valence-corrected chi connectivity index (χ1v) is 7.80. The third-order valence-corrected chi connectivity index (χ3v) is 3.92. The van der Waals surface area contributed by atoms with Gasteiger partial charge in [-0.3, -0.25) is 9.36 Å². The van der Waals surface area contributed by atoms with E-state index >= 15 is 0 Å². The molecule has 0 bridgehead atoms. The molecule has 2 aromatic heterocycles. The maximum atomic E-state index is 12.6. The molecule has 112 valence electrons. The quantitative estimate of drug-likeness (QED) is 0.780. The molecule has 2 heterocycles. The summed E-state index contributed by atoms with van der Waals surface area (Å²) in [5, 5.41) is 3.95. The molecule has 0 saturated carbocycles. The number of nitrogens with zero attached hydrogens (tertiary/aromatic N) is 3. The second kappa shape index (κ2) is 5.88. The van der Waals surface area contributed by atoms with Crippen molar-refractivity contribution >= 4 is 32.9 Å². The first-order chi connectivity index (χ1) is 10.6. The fraction of sp³-hybridized carbons (Fsp3) is 0.188. The van der Waals surface area contributed by atoms with Crippen molar-refractivity contribution in [1.82, 2.24) is 14.5 Å². The lowest BCUT2D eigenvalue weighted by Crippen LogP contribution is -2.21. The van der Waals surface area contributed by atoms with Crippen LogP contribution in [0.2, 0.25) is 0 Å². The van der Waals surface area contributed by atoms with Gasteiger partial charge in [0.1, 0.15) is 0 Å². The van der Waals surface area contributed by atoms with Crippen molar-refractivity contribution < 1.29 is 0 Å². The van der Waals surface area contributed by atoms with Gasteiger partial charge in [0.05, 0.1) is 15.9 Å². The number of hydrogen-bond donors (Lipinski definition) is 1. The van der Waals surface area contributed by atoms with Gasteiger partial charge in [-0.15, -0.1) is 0 Å². The number of hydrogen-bond acceptors (Lipinski definition) is 4. The Bertz CT molecular complexity index is 890. The SMILES string of the molecule is CCNc1nc(C)c2cc(Br)c(=O)n(-c3ccccc3)c2n1. The van der Waals surface area contributed by atoms with Gasteiger partial charge < -0.3 is 5.32 Å². The van der Waals surface area contributed by atoms with Gasteiger partial charge in [-0.1, -0.05) is 18.2 Å². The van der Waals surface area contributed by atoms with Gasteiger partial charge in [0.25, 0.3) is 5.56 Å². The predicted octanol–water partition coefficient (Wildman–Crippen LogP) is 3.28. The number of benzene rings is 1. The van der Waals surface area contributed by atoms with Crippen LogP contribution in [0.4, 0.5) is 5.95 Å². The summed E-state index contributed by atoms with van der Waals surface area (Å²) in [6, 6.07) is 11.3. The zero-order valence-corrected chi connectivity index (χ0v) is 13.9. The minimum Gasteiger partial charge on any atom is -0.354 e. The zero-order chi connectivity index (χ0) is 15.7. The molecule has 22 heavy (non-hydrogen) atoms. The Morgan fingerprint density at radius 1 is 1.23 bits per heavy atom. The fourth-order valence-electron chi connectivity index (χ4n) is 2.35. The van der Waals surface area contributed by atoms with E-state index in [1.807, 2.05) is 44.2 Å². The number of anilines is 1. The molecule has 1 N–H and O–H groups in total. The van der Waals surface area contributed by atoms with Crippen LogP contribution in [-0.2, 0) is 0 Å². The van der Waals surface area contributed by atoms with Gasteiger partial charge >= 0.3 is 0 Å². The van der Waals surface area contributed by atoms with Crippen molar-refractivity contribution in [3.63, 3.8) is 0 Å². The van der Waals surface area contributed by atoms with Crippen LogP contribution in [-0.4, -0.2) is 21.1 Å². The van der Waals surface area contributed by atoms with Crippen molar-refractivity contribution in [3.8, 4) is 5.69 Å². The van der Waals surface area contributed by atoms with Gasteiger partial charge in [0, 0.05) is 11.9 Å². The van der Waals surface area contributed by atoms with E-state index in [1.165, 1.54) is 0 Å². The number of aryl methyl sites for hydroxylation is 1. The van der Waals surface area contributed by atoms with Crippen LogP contribution in [0.3, 0.4) is 0 Å². The largest absolute Gasteiger partial charge is 0.354 e. The Labute approximate surface area is 136 Å². The fourth-order valence-corrected chi connectivity index (χ4v) is 2.76. The van der Waals surface area contributed by atoms with E-state index in [9.17, 15) is 4.79 Å². The summed E-state index contributed by atoms with van der Waals surface area (Å²) in [5.41, 5.74) is 2.06. The summed E-state index contributed by atoms with van der Waals surface area (Å²) in [6.07, 6.45) is 0. The van der Waals surface area contributed by atoms with Crippen LogP contribution in [0.1, 0.15) is 12.6 Å². The van der Waals surface area contributed by atoms with Crippen molar-refractivity contribution in [3.05, 3.63) is 56.9 Å². The normalized spacial score (nSPS) is 10.9. The smallest absolute Gasteiger partial charge is 0.271 e. The number of pyridine rings is 1. The highest BCUT2D eigenvalue weighted by atomic mass is 79.9. The molecule has 0 aliphatic rings. The molecule has 0 fully saturated rings. The van der Waals surface area contributed by atoms with Crippen LogP contribution in [0.25, 0.3) is 16.7 Å². The standard InChI is InChI=1S/C16H15BrN4O/c1-3-18-16-19-10(2)12-9-13(17)15(22)21(14(12)20-16)11-7-5-4-6-8-11/h4-9H,3H2,1-2H3,(H,18,19,20). The molecule has 3 rings (SSSR count). The first-order valence-electron chi connectivity index (χ1n) is 7.01. The minimum atomic E-state index is -0.140. The summed E-state index contributed by atoms with van der Waals surface area (Å²) >= 11 is 3.34. The molecule has 0 unspecified atom stereocenters. The molecule has 0 saturated heterocycles. The molecule has 0 radical (unpaired) electrons. The number of para-hydroxylation sites is 1. The lowest BCUT2D eigenvalue weighted by atomic mass is 10.2. The summed E-state index contributed by atoms with van der Waals surface area (Å²) in [7, 11) is 0. The van der Waals surface area contributed by atoms with Gasteiger partial charge in [0.2, 0.25) is 5.95 Å². The van der Waals surface area contributed by atoms with E-state index < -0.39 is 0 Å². The molecule has 1 aromatic carbocycles. The molecule has 0 amide bonds. The summed E-state index contributed by atoms with van der Waals surface area (Å²) in [5.74, 6) is 0.527. The third kappa shape index (κ3) is 2.50. The van der Waals surface area contributed by atoms with Crippen molar-refractivity contribution in [2.75, 3.05) is 11.9 Å². The zero-order valence-electron chi connectivity index (χ0n) is 12.3. The van der Waals surface area contributed by atoms with Crippen LogP contribution < -0.4 is 10.9 Å². The van der Waals surface area contributed by atoms with Gasteiger partial charge in [-0.2, -0.15) is 4.98 Å². The average Bonchev–Trinajstić information content (AvgIpc) is 2.51. The Balaban J connectivity index is 2.42. The molecule has 3 aromatic rings. The van der Waals surface area contributed by atoms with Crippen molar-refractivity contribution in [2.45, 2.75) is 13.8 Å². The number of fused-ring (bicyclic) bond motifs is 1. The van der Waals surface area contributed by atoms with E-state index in [0.29, 0.717) is 16.1 Å². The summed E-state index contributed by atoms with van der Waals surface area (Å²) < 4.78 is 2.10. The molecule has 0 aliphatic carbocycles. The Morgan fingerprint density at radius 2 is 1.95 bits per heavy atom. The second-order valence-electron chi connectivity index (χ2n) is 4.87. The predicted molar refractivity (Wildman–Crippen MR) is 91.7 cm³/mol. The molecular formula is C16H15BrN4O. The van der Waals surface area contributed by atoms with Crippen LogP contribution in [0, 0.1) is 6.92 Å². The van der Waals surface area contributed by atoms with E-state index in [0.717, 1.165) is 23.3 Å². The lowest BCUT2D eigenvalue weighted by molar-refractivity contribution is 0.980. The molecule has 5 nitrogen and oxygen atoms in total. The van der Waals surface area contributed by atoms with Crippen molar-refractivity contribution in [1.29, 1.82) is 0 Å². The molecular weight excluding hydrogens is 344 g/mol. The minimum absolute atomic E-state index is 0.140. The first kappa shape index (κ1) is 14.7. The number of rotatable bonds is 3. The number of nitrogens with one attached hydrogen (secondary N) is 1. The highest BCUT2D eigenvalue weighted by molar-refractivity contribution is 9.10. The van der Waals surface area contributed by atoms with E-state index in [2.05, 4.69) is 31.2 Å². The maximum Gasteiger partial charge on any atom is 0.271 e. The Morgan fingerprint density at radius 3 is 2.64 bits per heavy atom. The number of aromatic nitrogens is 3. The van der Waals surface area contributed by atoms with E-state index in [1.54, 1.807) is 10.6 Å². The van der Waals surface area contributed by atoms with E-state index in [-0.39, 0.29) is 5.56 Å². The van der Waals surface area contributed by atoms with Gasteiger partial charge in [-0.25, -0.2) is 4.98 Å². The molecule has 6 heteroatoms. The topological polar surface area (TPSA) is 59.8 Å². The van der Waals surface area contributed by atoms with Crippen LogP contribution in [0.5, 0.6) is 0 Å². The summed E-state index contributed by atoms with van der Waals surface area (Å²) in [6.45, 7) is 4.61. The Hall–Kier alpha value is -2.21. The lowest BCUT2D eigenvalue weighted by Gasteiger charge is -2.13. The summed E-state index contributed by atoms with van der Waals surface area (Å²) in [4.78, 5) is 21.6. The monoisotopic (exact) mass is 358 g/mol. The van der Waals surface area contributed by atoms with Gasteiger partial charge in [0.15, 0.2) is 5.65 Å². The van der Waals surface area contributed by atoms with Gasteiger partial charge in [-0.05, 0) is 48.0 Å². The molecule has 0 aliphatic heterocycles. The number of halogens is 1. The maximum absolute atomic E-state index is 12.6. The average molecular weight is 359 g/mol. The third-order valence-electron chi connectivity index (χ3n) is 3.36. The van der Waals surface area contributed by atoms with Crippen LogP contribution >= 0.6 is 15.9 Å². The van der Waals surface area contributed by atoms with Crippen molar-refractivity contribution in [2.24, 2.45) is 0 Å². The molecule has 0 atom stereocenters. The van der Waals surface area contributed by atoms with E-state index in [4.69, 9.17) is 0 Å². The second-order valence-corrected chi connectivity index (χ2v) is 5.72. The highest BCUT2D eigenvalue weighted by Gasteiger charge is 2.14. The Kier molecular flexibility index (Phi) is 3.94. The van der Waals surface area contributed by atoms with Crippen LogP contribution in [0.15, 0.2) is 45.7 Å². The highest BCUT2D eigenvalue weighted by Crippen LogP contribution is 2.22. The molecule has 0 spiro atoms.